The standard InChI is InChI=1S/C19H15Cl2N5S/c1-12-2-4-13(5-3-12)9-26-18-17(24-25-26)19(23-11-22-18)27-10-14-6-7-15(20)8-16(14)21/h2-8,11H,9-10H2,1H3. The first-order valence-corrected chi connectivity index (χ1v) is 10.0. The van der Waals surface area contributed by atoms with Crippen molar-refractivity contribution in [2.75, 3.05) is 0 Å². The zero-order chi connectivity index (χ0) is 18.8. The fraction of sp³-hybridized carbons (Fsp3) is 0.158. The lowest BCUT2D eigenvalue weighted by Crippen LogP contribution is -2.03. The number of nitrogens with zero attached hydrogens (tertiary/aromatic N) is 5. The van der Waals surface area contributed by atoms with Gasteiger partial charge in [-0.05, 0) is 30.2 Å². The second-order valence-corrected chi connectivity index (χ2v) is 7.92. The predicted octanol–water partition coefficient (Wildman–Crippen LogP) is 5.18. The minimum atomic E-state index is 0.612. The molecule has 27 heavy (non-hydrogen) atoms. The first kappa shape index (κ1) is 18.2. The molecule has 0 fully saturated rings. The van der Waals surface area contributed by atoms with E-state index in [2.05, 4.69) is 51.5 Å². The van der Waals surface area contributed by atoms with E-state index in [1.165, 1.54) is 5.56 Å². The van der Waals surface area contributed by atoms with E-state index in [0.29, 0.717) is 27.9 Å². The molecule has 0 atom stereocenters. The molecular weight excluding hydrogens is 401 g/mol. The summed E-state index contributed by atoms with van der Waals surface area (Å²) in [6.45, 7) is 2.68. The minimum absolute atomic E-state index is 0.612. The topological polar surface area (TPSA) is 56.5 Å². The molecule has 2 aromatic carbocycles. The third kappa shape index (κ3) is 4.08. The molecule has 0 bridgehead atoms. The van der Waals surface area contributed by atoms with Crippen molar-refractivity contribution in [3.05, 3.63) is 75.5 Å². The van der Waals surface area contributed by atoms with Gasteiger partial charge in [-0.1, -0.05) is 76.1 Å². The molecule has 0 unspecified atom stereocenters. The van der Waals surface area contributed by atoms with Crippen molar-refractivity contribution in [2.24, 2.45) is 0 Å². The summed E-state index contributed by atoms with van der Waals surface area (Å²) >= 11 is 13.8. The van der Waals surface area contributed by atoms with Crippen LogP contribution in [0.1, 0.15) is 16.7 Å². The van der Waals surface area contributed by atoms with E-state index in [1.54, 1.807) is 28.8 Å². The van der Waals surface area contributed by atoms with Crippen molar-refractivity contribution in [3.8, 4) is 0 Å². The lowest BCUT2D eigenvalue weighted by molar-refractivity contribution is 0.664. The third-order valence-corrected chi connectivity index (χ3v) is 5.71. The fourth-order valence-electron chi connectivity index (χ4n) is 2.63. The minimum Gasteiger partial charge on any atom is -0.227 e. The first-order chi connectivity index (χ1) is 13.1. The van der Waals surface area contributed by atoms with Gasteiger partial charge in [0.25, 0.3) is 0 Å². The Balaban J connectivity index is 1.57. The SMILES string of the molecule is Cc1ccc(Cn2nnc3c(SCc4ccc(Cl)cc4Cl)ncnc32)cc1. The summed E-state index contributed by atoms with van der Waals surface area (Å²) in [5.41, 5.74) is 4.78. The summed E-state index contributed by atoms with van der Waals surface area (Å²) in [5, 5.41) is 10.6. The molecule has 8 heteroatoms. The normalized spacial score (nSPS) is 11.2. The van der Waals surface area contributed by atoms with Crippen LogP contribution in [0.3, 0.4) is 0 Å². The van der Waals surface area contributed by atoms with Gasteiger partial charge in [0, 0.05) is 15.8 Å². The molecule has 4 rings (SSSR count). The van der Waals surface area contributed by atoms with Crippen molar-refractivity contribution in [1.29, 1.82) is 0 Å². The number of hydrogen-bond acceptors (Lipinski definition) is 5. The molecule has 0 radical (unpaired) electrons. The lowest BCUT2D eigenvalue weighted by atomic mass is 10.1. The van der Waals surface area contributed by atoms with Crippen molar-refractivity contribution < 1.29 is 0 Å². The molecular formula is C19H15Cl2N5S. The van der Waals surface area contributed by atoms with Gasteiger partial charge in [0.05, 0.1) is 6.54 Å². The number of aryl methyl sites for hydroxylation is 1. The summed E-state index contributed by atoms with van der Waals surface area (Å²) in [6.07, 6.45) is 1.54. The highest BCUT2D eigenvalue weighted by Crippen LogP contribution is 2.30. The highest BCUT2D eigenvalue weighted by molar-refractivity contribution is 7.98. The van der Waals surface area contributed by atoms with E-state index < -0.39 is 0 Å². The molecule has 0 N–H and O–H groups in total. The Kier molecular flexibility index (Phi) is 5.29. The van der Waals surface area contributed by atoms with Crippen LogP contribution in [-0.2, 0) is 12.3 Å². The first-order valence-electron chi connectivity index (χ1n) is 8.26. The van der Waals surface area contributed by atoms with Crippen molar-refractivity contribution in [2.45, 2.75) is 24.2 Å². The maximum atomic E-state index is 6.26. The smallest absolute Gasteiger partial charge is 0.183 e. The number of halogens is 2. The Morgan fingerprint density at radius 1 is 1.04 bits per heavy atom. The summed E-state index contributed by atoms with van der Waals surface area (Å²) in [6, 6.07) is 13.8. The maximum Gasteiger partial charge on any atom is 0.183 e. The lowest BCUT2D eigenvalue weighted by Gasteiger charge is -2.05. The average Bonchev–Trinajstić information content (AvgIpc) is 3.06. The Bertz CT molecular complexity index is 1100. The molecule has 4 aromatic rings. The number of hydrogen-bond donors (Lipinski definition) is 0. The van der Waals surface area contributed by atoms with E-state index in [1.807, 2.05) is 12.1 Å². The summed E-state index contributed by atoms with van der Waals surface area (Å²) < 4.78 is 1.79. The van der Waals surface area contributed by atoms with Gasteiger partial charge in [0.1, 0.15) is 11.4 Å². The quantitative estimate of drug-likeness (QED) is 0.332. The molecule has 0 saturated carbocycles. The molecule has 136 valence electrons. The van der Waals surface area contributed by atoms with Crippen LogP contribution in [0.5, 0.6) is 0 Å². The monoisotopic (exact) mass is 415 g/mol. The van der Waals surface area contributed by atoms with Gasteiger partial charge in [-0.15, -0.1) is 5.10 Å². The Hall–Kier alpha value is -2.15. The van der Waals surface area contributed by atoms with Gasteiger partial charge in [-0.3, -0.25) is 0 Å². The Morgan fingerprint density at radius 3 is 2.63 bits per heavy atom. The highest BCUT2D eigenvalue weighted by Gasteiger charge is 2.13. The summed E-state index contributed by atoms with van der Waals surface area (Å²) in [7, 11) is 0. The number of aromatic nitrogens is 5. The molecule has 5 nitrogen and oxygen atoms in total. The number of fused-ring (bicyclic) bond motifs is 1. The van der Waals surface area contributed by atoms with E-state index in [4.69, 9.17) is 23.2 Å². The van der Waals surface area contributed by atoms with Gasteiger partial charge in [-0.2, -0.15) is 0 Å². The summed E-state index contributed by atoms with van der Waals surface area (Å²) in [4.78, 5) is 8.74. The summed E-state index contributed by atoms with van der Waals surface area (Å²) in [5.74, 6) is 0.660. The van der Waals surface area contributed by atoms with Crippen LogP contribution in [0, 0.1) is 6.92 Å². The number of thioether (sulfide) groups is 1. The Labute approximate surface area is 170 Å². The van der Waals surface area contributed by atoms with Gasteiger partial charge in [0.15, 0.2) is 11.2 Å². The highest BCUT2D eigenvalue weighted by atomic mass is 35.5. The second-order valence-electron chi connectivity index (χ2n) is 6.11. The fourth-order valence-corrected chi connectivity index (χ4v) is 4.12. The Morgan fingerprint density at radius 2 is 1.85 bits per heavy atom. The van der Waals surface area contributed by atoms with E-state index in [9.17, 15) is 0 Å². The van der Waals surface area contributed by atoms with E-state index in [0.717, 1.165) is 21.8 Å². The molecule has 2 aromatic heterocycles. The van der Waals surface area contributed by atoms with E-state index in [-0.39, 0.29) is 0 Å². The molecule has 0 aliphatic carbocycles. The predicted molar refractivity (Wildman–Crippen MR) is 109 cm³/mol. The second kappa shape index (κ2) is 7.84. The maximum absolute atomic E-state index is 6.26. The van der Waals surface area contributed by atoms with Crippen LogP contribution < -0.4 is 0 Å². The van der Waals surface area contributed by atoms with Gasteiger partial charge in [-0.25, -0.2) is 14.6 Å². The average molecular weight is 416 g/mol. The zero-order valence-corrected chi connectivity index (χ0v) is 16.8. The molecule has 0 amide bonds. The van der Waals surface area contributed by atoms with Crippen LogP contribution in [0.2, 0.25) is 10.0 Å². The van der Waals surface area contributed by atoms with Crippen molar-refractivity contribution in [3.63, 3.8) is 0 Å². The molecule has 0 saturated heterocycles. The van der Waals surface area contributed by atoms with Crippen LogP contribution >= 0.6 is 35.0 Å². The molecule has 0 aliphatic rings. The van der Waals surface area contributed by atoms with Gasteiger partial charge >= 0.3 is 0 Å². The van der Waals surface area contributed by atoms with Crippen molar-refractivity contribution >= 4 is 46.1 Å². The third-order valence-electron chi connectivity index (χ3n) is 4.10. The van der Waals surface area contributed by atoms with E-state index >= 15 is 0 Å². The van der Waals surface area contributed by atoms with Crippen LogP contribution in [-0.4, -0.2) is 25.0 Å². The van der Waals surface area contributed by atoms with Crippen LogP contribution in [0.4, 0.5) is 0 Å². The zero-order valence-electron chi connectivity index (χ0n) is 14.4. The number of benzene rings is 2. The van der Waals surface area contributed by atoms with Gasteiger partial charge in [0.2, 0.25) is 0 Å². The molecule has 0 aliphatic heterocycles. The molecule has 2 heterocycles. The van der Waals surface area contributed by atoms with Gasteiger partial charge < -0.3 is 0 Å². The largest absolute Gasteiger partial charge is 0.227 e. The number of rotatable bonds is 5. The van der Waals surface area contributed by atoms with Crippen LogP contribution in [0.15, 0.2) is 53.8 Å². The van der Waals surface area contributed by atoms with Crippen LogP contribution in [0.25, 0.3) is 11.2 Å². The molecule has 0 spiro atoms. The van der Waals surface area contributed by atoms with Crippen molar-refractivity contribution in [1.82, 2.24) is 25.0 Å².